The molecular formula is C12H8ClN3O. The molecule has 2 aromatic rings. The maximum absolute atomic E-state index is 11.5. The predicted molar refractivity (Wildman–Crippen MR) is 63.8 cm³/mol. The highest BCUT2D eigenvalue weighted by molar-refractivity contribution is 6.31. The van der Waals surface area contributed by atoms with E-state index in [-0.39, 0.29) is 5.56 Å². The normalized spacial score (nSPS) is 9.88. The summed E-state index contributed by atoms with van der Waals surface area (Å²) in [6, 6.07) is 9.98. The standard InChI is InChI=1S/C12H8ClN3O/c13-11-6-9(7-14)3-4-10(11)8-16-12(17)2-1-5-15-16/h1-6H,8H2. The van der Waals surface area contributed by atoms with Crippen LogP contribution in [0.1, 0.15) is 11.1 Å². The van der Waals surface area contributed by atoms with Crippen LogP contribution in [0.4, 0.5) is 0 Å². The minimum absolute atomic E-state index is 0.187. The molecule has 0 aliphatic carbocycles. The molecule has 0 bridgehead atoms. The second-order valence-electron chi connectivity index (χ2n) is 3.44. The Bertz CT molecular complexity index is 643. The molecule has 0 N–H and O–H groups in total. The van der Waals surface area contributed by atoms with Crippen molar-refractivity contribution in [1.82, 2.24) is 9.78 Å². The van der Waals surface area contributed by atoms with Crippen LogP contribution >= 0.6 is 11.6 Å². The SMILES string of the molecule is N#Cc1ccc(Cn2ncccc2=O)c(Cl)c1. The van der Waals surface area contributed by atoms with Gasteiger partial charge in [-0.2, -0.15) is 10.4 Å². The topological polar surface area (TPSA) is 58.7 Å². The summed E-state index contributed by atoms with van der Waals surface area (Å²) in [7, 11) is 0. The van der Waals surface area contributed by atoms with Crippen LogP contribution in [0.25, 0.3) is 0 Å². The third-order valence-electron chi connectivity index (χ3n) is 2.29. The lowest BCUT2D eigenvalue weighted by atomic mass is 10.1. The van der Waals surface area contributed by atoms with Crippen LogP contribution in [-0.4, -0.2) is 9.78 Å². The maximum Gasteiger partial charge on any atom is 0.267 e. The van der Waals surface area contributed by atoms with Crippen LogP contribution in [0, 0.1) is 11.3 Å². The van der Waals surface area contributed by atoms with Gasteiger partial charge in [0.2, 0.25) is 0 Å². The summed E-state index contributed by atoms with van der Waals surface area (Å²) >= 11 is 6.02. The summed E-state index contributed by atoms with van der Waals surface area (Å²) in [5.74, 6) is 0. The van der Waals surface area contributed by atoms with Gasteiger partial charge >= 0.3 is 0 Å². The van der Waals surface area contributed by atoms with Crippen molar-refractivity contribution in [3.63, 3.8) is 0 Å². The third kappa shape index (κ3) is 2.52. The molecule has 84 valence electrons. The smallest absolute Gasteiger partial charge is 0.267 e. The number of halogens is 1. The number of aromatic nitrogens is 2. The van der Waals surface area contributed by atoms with Crippen molar-refractivity contribution in [2.75, 3.05) is 0 Å². The molecule has 1 aromatic carbocycles. The molecule has 0 radical (unpaired) electrons. The Labute approximate surface area is 103 Å². The van der Waals surface area contributed by atoms with Gasteiger partial charge in [0.05, 0.1) is 18.2 Å². The minimum Gasteiger partial charge on any atom is -0.268 e. The number of nitriles is 1. The van der Waals surface area contributed by atoms with E-state index in [4.69, 9.17) is 16.9 Å². The van der Waals surface area contributed by atoms with E-state index in [0.717, 1.165) is 5.56 Å². The molecule has 0 fully saturated rings. The van der Waals surface area contributed by atoms with Gasteiger partial charge in [0.1, 0.15) is 0 Å². The Morgan fingerprint density at radius 2 is 2.24 bits per heavy atom. The van der Waals surface area contributed by atoms with Gasteiger partial charge in [0.15, 0.2) is 0 Å². The molecule has 1 heterocycles. The lowest BCUT2D eigenvalue weighted by molar-refractivity contribution is 0.639. The molecule has 1 aromatic heterocycles. The first kappa shape index (κ1) is 11.4. The third-order valence-corrected chi connectivity index (χ3v) is 2.64. The van der Waals surface area contributed by atoms with E-state index in [0.29, 0.717) is 17.1 Å². The van der Waals surface area contributed by atoms with E-state index in [1.807, 2.05) is 6.07 Å². The summed E-state index contributed by atoms with van der Waals surface area (Å²) in [5.41, 5.74) is 1.06. The van der Waals surface area contributed by atoms with E-state index in [1.165, 1.54) is 10.7 Å². The fourth-order valence-corrected chi connectivity index (χ4v) is 1.65. The van der Waals surface area contributed by atoms with Gasteiger partial charge in [-0.25, -0.2) is 4.68 Å². The van der Waals surface area contributed by atoms with Crippen LogP contribution in [-0.2, 0) is 6.54 Å². The van der Waals surface area contributed by atoms with Crippen LogP contribution in [0.2, 0.25) is 5.02 Å². The fraction of sp³-hybridized carbons (Fsp3) is 0.0833. The van der Waals surface area contributed by atoms with Gasteiger partial charge in [0, 0.05) is 17.3 Å². The molecule has 0 saturated carbocycles. The van der Waals surface area contributed by atoms with Crippen molar-refractivity contribution in [1.29, 1.82) is 5.26 Å². The lowest BCUT2D eigenvalue weighted by Crippen LogP contribution is -2.21. The summed E-state index contributed by atoms with van der Waals surface area (Å²) < 4.78 is 1.31. The van der Waals surface area contributed by atoms with Crippen LogP contribution in [0.3, 0.4) is 0 Å². The first-order valence-electron chi connectivity index (χ1n) is 4.91. The molecule has 0 atom stereocenters. The second-order valence-corrected chi connectivity index (χ2v) is 3.84. The van der Waals surface area contributed by atoms with E-state index >= 15 is 0 Å². The first-order chi connectivity index (χ1) is 8.20. The Morgan fingerprint density at radius 1 is 1.41 bits per heavy atom. The Balaban J connectivity index is 2.35. The number of nitrogens with zero attached hydrogens (tertiary/aromatic N) is 3. The van der Waals surface area contributed by atoms with E-state index in [2.05, 4.69) is 5.10 Å². The minimum atomic E-state index is -0.187. The maximum atomic E-state index is 11.5. The van der Waals surface area contributed by atoms with E-state index < -0.39 is 0 Å². The highest BCUT2D eigenvalue weighted by Gasteiger charge is 2.04. The van der Waals surface area contributed by atoms with Crippen molar-refractivity contribution < 1.29 is 0 Å². The molecule has 0 amide bonds. The summed E-state index contributed by atoms with van der Waals surface area (Å²) in [5, 5.41) is 13.1. The van der Waals surface area contributed by atoms with Crippen molar-refractivity contribution in [3.05, 3.63) is 63.0 Å². The number of rotatable bonds is 2. The van der Waals surface area contributed by atoms with Crippen molar-refractivity contribution >= 4 is 11.6 Å². The molecule has 4 nitrogen and oxygen atoms in total. The molecule has 0 saturated heterocycles. The van der Waals surface area contributed by atoms with Gasteiger partial charge in [-0.05, 0) is 23.8 Å². The number of benzene rings is 1. The largest absolute Gasteiger partial charge is 0.268 e. The van der Waals surface area contributed by atoms with Crippen molar-refractivity contribution in [3.8, 4) is 6.07 Å². The van der Waals surface area contributed by atoms with E-state index in [9.17, 15) is 4.79 Å². The molecular weight excluding hydrogens is 238 g/mol. The molecule has 17 heavy (non-hydrogen) atoms. The monoisotopic (exact) mass is 245 g/mol. The number of hydrogen-bond acceptors (Lipinski definition) is 3. The van der Waals surface area contributed by atoms with Gasteiger partial charge in [0.25, 0.3) is 5.56 Å². The average molecular weight is 246 g/mol. The molecule has 0 spiro atoms. The van der Waals surface area contributed by atoms with Gasteiger partial charge in [-0.1, -0.05) is 17.7 Å². The van der Waals surface area contributed by atoms with Gasteiger partial charge in [-0.3, -0.25) is 4.79 Å². The second kappa shape index (κ2) is 4.81. The molecule has 2 rings (SSSR count). The zero-order chi connectivity index (χ0) is 12.3. The zero-order valence-corrected chi connectivity index (χ0v) is 9.55. The fourth-order valence-electron chi connectivity index (χ4n) is 1.41. The van der Waals surface area contributed by atoms with Gasteiger partial charge in [-0.15, -0.1) is 0 Å². The molecule has 0 aliphatic rings. The van der Waals surface area contributed by atoms with Crippen molar-refractivity contribution in [2.24, 2.45) is 0 Å². The molecule has 0 aliphatic heterocycles. The van der Waals surface area contributed by atoms with Crippen molar-refractivity contribution in [2.45, 2.75) is 6.54 Å². The average Bonchev–Trinajstić information content (AvgIpc) is 2.34. The van der Waals surface area contributed by atoms with E-state index in [1.54, 1.807) is 30.5 Å². The Kier molecular flexibility index (Phi) is 3.22. The lowest BCUT2D eigenvalue weighted by Gasteiger charge is -2.05. The first-order valence-corrected chi connectivity index (χ1v) is 5.29. The Hall–Kier alpha value is -2.12. The molecule has 5 heteroatoms. The zero-order valence-electron chi connectivity index (χ0n) is 8.80. The Morgan fingerprint density at radius 3 is 2.88 bits per heavy atom. The molecule has 0 unspecified atom stereocenters. The summed E-state index contributed by atoms with van der Waals surface area (Å²) in [4.78, 5) is 11.5. The highest BCUT2D eigenvalue weighted by atomic mass is 35.5. The highest BCUT2D eigenvalue weighted by Crippen LogP contribution is 2.17. The number of hydrogen-bond donors (Lipinski definition) is 0. The summed E-state index contributed by atoms with van der Waals surface area (Å²) in [6.07, 6.45) is 1.54. The van der Waals surface area contributed by atoms with Crippen LogP contribution in [0.5, 0.6) is 0 Å². The van der Waals surface area contributed by atoms with Crippen LogP contribution < -0.4 is 5.56 Å². The van der Waals surface area contributed by atoms with Gasteiger partial charge < -0.3 is 0 Å². The van der Waals surface area contributed by atoms with Crippen LogP contribution in [0.15, 0.2) is 41.3 Å². The predicted octanol–water partition coefficient (Wildman–Crippen LogP) is 1.82. The summed E-state index contributed by atoms with van der Waals surface area (Å²) in [6.45, 7) is 0.296. The quantitative estimate of drug-likeness (QED) is 0.811.